The molecule has 1 aromatic carbocycles. The van der Waals surface area contributed by atoms with Gasteiger partial charge in [0.1, 0.15) is 0 Å². The highest BCUT2D eigenvalue weighted by Crippen LogP contribution is 2.29. The summed E-state index contributed by atoms with van der Waals surface area (Å²) in [5.41, 5.74) is 0.501. The van der Waals surface area contributed by atoms with E-state index in [4.69, 9.17) is 5.11 Å². The second-order valence-electron chi connectivity index (χ2n) is 6.53. The molecule has 0 saturated carbocycles. The number of aromatic nitrogens is 2. The van der Waals surface area contributed by atoms with Gasteiger partial charge >= 0.3 is 5.97 Å². The van der Waals surface area contributed by atoms with Crippen LogP contribution in [0.1, 0.15) is 52.0 Å². The molecule has 0 aliphatic carbocycles. The average Bonchev–Trinajstić information content (AvgIpc) is 3.16. The number of hydrogen-bond donors (Lipinski definition) is 1. The second-order valence-corrected chi connectivity index (χ2v) is 6.53. The summed E-state index contributed by atoms with van der Waals surface area (Å²) >= 11 is 0. The van der Waals surface area contributed by atoms with Gasteiger partial charge in [-0.3, -0.25) is 19.6 Å². The summed E-state index contributed by atoms with van der Waals surface area (Å²) in [5.74, 6) is -1.38. The zero-order chi connectivity index (χ0) is 19.6. The van der Waals surface area contributed by atoms with Crippen molar-refractivity contribution in [2.45, 2.75) is 32.2 Å². The van der Waals surface area contributed by atoms with Crippen LogP contribution < -0.4 is 0 Å². The summed E-state index contributed by atoms with van der Waals surface area (Å²) in [7, 11) is 0. The van der Waals surface area contributed by atoms with Crippen molar-refractivity contribution in [3.05, 3.63) is 57.4 Å². The van der Waals surface area contributed by atoms with E-state index in [-0.39, 0.29) is 17.0 Å². The lowest BCUT2D eigenvalue weighted by Crippen LogP contribution is -2.38. The van der Waals surface area contributed by atoms with E-state index in [0.717, 1.165) is 37.1 Å². The number of nitro groups is 1. The highest BCUT2D eigenvalue weighted by Gasteiger charge is 2.27. The number of benzene rings is 1. The van der Waals surface area contributed by atoms with Gasteiger partial charge in [0, 0.05) is 43.5 Å². The van der Waals surface area contributed by atoms with Crippen LogP contribution in [0.3, 0.4) is 0 Å². The SMILES string of the molecule is CCn1cc(C2CCN(C(=O)c3cc(C(=O)O)cc([N+](=O)[O-])c3)CC2)cn1. The molecule has 27 heavy (non-hydrogen) atoms. The zero-order valence-electron chi connectivity index (χ0n) is 14.9. The zero-order valence-corrected chi connectivity index (χ0v) is 14.9. The second kappa shape index (κ2) is 7.56. The van der Waals surface area contributed by atoms with Gasteiger partial charge in [-0.2, -0.15) is 5.10 Å². The topological polar surface area (TPSA) is 119 Å². The first-order valence-corrected chi connectivity index (χ1v) is 8.73. The number of carboxylic acid groups (broad SMARTS) is 1. The number of likely N-dealkylation sites (tertiary alicyclic amines) is 1. The Labute approximate surface area is 155 Å². The van der Waals surface area contributed by atoms with E-state index < -0.39 is 16.6 Å². The summed E-state index contributed by atoms with van der Waals surface area (Å²) in [5, 5.41) is 24.4. The number of rotatable bonds is 5. The number of piperidine rings is 1. The van der Waals surface area contributed by atoms with Gasteiger partial charge < -0.3 is 10.0 Å². The van der Waals surface area contributed by atoms with Crippen LogP contribution in [0, 0.1) is 10.1 Å². The number of aromatic carboxylic acids is 1. The van der Waals surface area contributed by atoms with Crippen LogP contribution in [-0.4, -0.2) is 49.7 Å². The molecule has 142 valence electrons. The molecule has 1 amide bonds. The standard InChI is InChI=1S/C18H20N4O5/c1-2-21-11-15(10-19-21)12-3-5-20(6-4-12)17(23)13-7-14(18(24)25)9-16(8-13)22(26)27/h7-12H,2-6H2,1H3,(H,24,25). The quantitative estimate of drug-likeness (QED) is 0.636. The molecule has 0 spiro atoms. The van der Waals surface area contributed by atoms with Gasteiger partial charge in [-0.15, -0.1) is 0 Å². The van der Waals surface area contributed by atoms with Gasteiger partial charge in [-0.1, -0.05) is 0 Å². The van der Waals surface area contributed by atoms with Crippen LogP contribution in [0.25, 0.3) is 0 Å². The Bertz CT molecular complexity index is 851. The van der Waals surface area contributed by atoms with Crippen LogP contribution in [0.15, 0.2) is 30.6 Å². The number of amides is 1. The summed E-state index contributed by atoms with van der Waals surface area (Å²) in [6.45, 7) is 3.83. The van der Waals surface area contributed by atoms with E-state index in [1.807, 2.05) is 24.0 Å². The molecule has 9 nitrogen and oxygen atoms in total. The smallest absolute Gasteiger partial charge is 0.335 e. The molecule has 1 aromatic heterocycles. The predicted molar refractivity (Wildman–Crippen MR) is 95.8 cm³/mol. The number of carbonyl (C=O) groups excluding carboxylic acids is 1. The number of carboxylic acids is 1. The first kappa shape index (κ1) is 18.6. The molecule has 1 N–H and O–H groups in total. The van der Waals surface area contributed by atoms with Crippen molar-refractivity contribution < 1.29 is 19.6 Å². The van der Waals surface area contributed by atoms with E-state index in [1.165, 1.54) is 6.07 Å². The number of aryl methyl sites for hydroxylation is 1. The average molecular weight is 372 g/mol. The number of carbonyl (C=O) groups is 2. The third kappa shape index (κ3) is 3.97. The summed E-state index contributed by atoms with van der Waals surface area (Å²) in [6.07, 6.45) is 5.40. The predicted octanol–water partition coefficient (Wildman–Crippen LogP) is 2.53. The molecule has 0 atom stereocenters. The normalized spacial score (nSPS) is 14.9. The molecule has 3 rings (SSSR count). The molecule has 2 aromatic rings. The van der Waals surface area contributed by atoms with Crippen molar-refractivity contribution in [1.82, 2.24) is 14.7 Å². The Morgan fingerprint density at radius 3 is 2.48 bits per heavy atom. The summed E-state index contributed by atoms with van der Waals surface area (Å²) in [4.78, 5) is 35.9. The summed E-state index contributed by atoms with van der Waals surface area (Å²) < 4.78 is 1.86. The van der Waals surface area contributed by atoms with Gasteiger partial charge in [0.05, 0.1) is 16.7 Å². The number of nitro benzene ring substituents is 1. The van der Waals surface area contributed by atoms with Crippen molar-refractivity contribution in [2.24, 2.45) is 0 Å². The Hall–Kier alpha value is -3.23. The van der Waals surface area contributed by atoms with Gasteiger partial charge in [-0.05, 0) is 37.3 Å². The van der Waals surface area contributed by atoms with Crippen LogP contribution in [-0.2, 0) is 6.54 Å². The Morgan fingerprint density at radius 2 is 1.93 bits per heavy atom. The highest BCUT2D eigenvalue weighted by molar-refractivity contribution is 5.98. The van der Waals surface area contributed by atoms with Crippen molar-refractivity contribution >= 4 is 17.6 Å². The van der Waals surface area contributed by atoms with Crippen molar-refractivity contribution in [1.29, 1.82) is 0 Å². The third-order valence-corrected chi connectivity index (χ3v) is 4.85. The molecule has 0 unspecified atom stereocenters. The highest BCUT2D eigenvalue weighted by atomic mass is 16.6. The van der Waals surface area contributed by atoms with E-state index >= 15 is 0 Å². The third-order valence-electron chi connectivity index (χ3n) is 4.85. The fourth-order valence-corrected chi connectivity index (χ4v) is 3.33. The molecule has 2 heterocycles. The van der Waals surface area contributed by atoms with Crippen LogP contribution in [0.4, 0.5) is 5.69 Å². The van der Waals surface area contributed by atoms with Crippen LogP contribution >= 0.6 is 0 Å². The monoisotopic (exact) mass is 372 g/mol. The molecule has 1 aliphatic rings. The van der Waals surface area contributed by atoms with E-state index in [2.05, 4.69) is 5.10 Å². The first-order valence-electron chi connectivity index (χ1n) is 8.73. The molecule has 9 heteroatoms. The van der Waals surface area contributed by atoms with E-state index in [1.54, 1.807) is 4.90 Å². The lowest BCUT2D eigenvalue weighted by Gasteiger charge is -2.31. The maximum Gasteiger partial charge on any atom is 0.335 e. The molecule has 0 bridgehead atoms. The summed E-state index contributed by atoms with van der Waals surface area (Å²) in [6, 6.07) is 3.28. The van der Waals surface area contributed by atoms with Crippen LogP contribution in [0.5, 0.6) is 0 Å². The first-order chi connectivity index (χ1) is 12.9. The van der Waals surface area contributed by atoms with E-state index in [0.29, 0.717) is 19.0 Å². The molecule has 1 saturated heterocycles. The Morgan fingerprint density at radius 1 is 1.26 bits per heavy atom. The van der Waals surface area contributed by atoms with Crippen molar-refractivity contribution in [3.8, 4) is 0 Å². The fraction of sp³-hybridized carbons (Fsp3) is 0.389. The molecular weight excluding hydrogens is 352 g/mol. The maximum absolute atomic E-state index is 12.7. The lowest BCUT2D eigenvalue weighted by atomic mass is 9.91. The number of nitrogens with zero attached hydrogens (tertiary/aromatic N) is 4. The number of hydrogen-bond acceptors (Lipinski definition) is 5. The van der Waals surface area contributed by atoms with E-state index in [9.17, 15) is 19.7 Å². The van der Waals surface area contributed by atoms with Crippen molar-refractivity contribution in [3.63, 3.8) is 0 Å². The van der Waals surface area contributed by atoms with Crippen LogP contribution in [0.2, 0.25) is 0 Å². The van der Waals surface area contributed by atoms with Crippen molar-refractivity contribution in [2.75, 3.05) is 13.1 Å². The minimum absolute atomic E-state index is 0.0267. The largest absolute Gasteiger partial charge is 0.478 e. The Balaban J connectivity index is 1.73. The molecule has 1 aliphatic heterocycles. The molecular formula is C18H20N4O5. The van der Waals surface area contributed by atoms with Gasteiger partial charge in [0.25, 0.3) is 11.6 Å². The van der Waals surface area contributed by atoms with Gasteiger partial charge in [0.15, 0.2) is 0 Å². The molecule has 0 radical (unpaired) electrons. The lowest BCUT2D eigenvalue weighted by molar-refractivity contribution is -0.384. The Kier molecular flexibility index (Phi) is 5.20. The minimum Gasteiger partial charge on any atom is -0.478 e. The maximum atomic E-state index is 12.7. The molecule has 1 fully saturated rings. The minimum atomic E-state index is -1.31. The van der Waals surface area contributed by atoms with Gasteiger partial charge in [0.2, 0.25) is 0 Å². The van der Waals surface area contributed by atoms with Gasteiger partial charge in [-0.25, -0.2) is 4.79 Å². The number of non-ortho nitro benzene ring substituents is 1. The fourth-order valence-electron chi connectivity index (χ4n) is 3.33.